The lowest BCUT2D eigenvalue weighted by Crippen LogP contribution is -2.34. The maximum atomic E-state index is 13.5. The molecule has 1 aliphatic rings. The van der Waals surface area contributed by atoms with Gasteiger partial charge in [-0.3, -0.25) is 4.31 Å². The fourth-order valence-corrected chi connectivity index (χ4v) is 3.12. The highest BCUT2D eigenvalue weighted by Crippen LogP contribution is 2.22. The number of benzene rings is 1. The Hall–Kier alpha value is -1.14. The number of anilines is 1. The van der Waals surface area contributed by atoms with Gasteiger partial charge in [-0.15, -0.1) is 0 Å². The Balaban J connectivity index is 2.42. The van der Waals surface area contributed by atoms with Crippen molar-refractivity contribution in [1.29, 1.82) is 0 Å². The third-order valence-corrected chi connectivity index (χ3v) is 4.26. The Morgan fingerprint density at radius 1 is 1.25 bits per heavy atom. The maximum Gasteiger partial charge on any atom is 0.236 e. The first-order chi connectivity index (χ1) is 7.61. The van der Waals surface area contributed by atoms with Crippen molar-refractivity contribution in [3.8, 4) is 0 Å². The van der Waals surface area contributed by atoms with Crippen LogP contribution in [0.25, 0.3) is 0 Å². The molecule has 0 unspecified atom stereocenters. The smallest absolute Gasteiger partial charge is 0.236 e. The van der Waals surface area contributed by atoms with E-state index in [1.54, 1.807) is 12.1 Å². The average molecular weight is 244 g/mol. The number of nitrogens with zero attached hydrogens (tertiary/aromatic N) is 1. The zero-order chi connectivity index (χ0) is 11.6. The standard InChI is InChI=1S/C10H13FN2O2S/c11-9-3-1-2-4-10(9)13-7-5-12-6-8-16(13,14)15/h1-4,12H,5-8H2. The molecule has 0 bridgehead atoms. The quantitative estimate of drug-likeness (QED) is 0.785. The highest BCUT2D eigenvalue weighted by molar-refractivity contribution is 7.92. The van der Waals surface area contributed by atoms with Gasteiger partial charge < -0.3 is 5.32 Å². The minimum Gasteiger partial charge on any atom is -0.314 e. The largest absolute Gasteiger partial charge is 0.314 e. The summed E-state index contributed by atoms with van der Waals surface area (Å²) in [5.74, 6) is -0.505. The highest BCUT2D eigenvalue weighted by atomic mass is 32.2. The number of sulfonamides is 1. The Morgan fingerprint density at radius 3 is 2.75 bits per heavy atom. The molecule has 0 aliphatic carbocycles. The van der Waals surface area contributed by atoms with Crippen molar-refractivity contribution in [3.05, 3.63) is 30.1 Å². The van der Waals surface area contributed by atoms with Crippen LogP contribution < -0.4 is 9.62 Å². The van der Waals surface area contributed by atoms with Gasteiger partial charge in [0, 0.05) is 19.6 Å². The molecule has 1 saturated heterocycles. The van der Waals surface area contributed by atoms with Gasteiger partial charge in [0.2, 0.25) is 10.0 Å². The van der Waals surface area contributed by atoms with Crippen molar-refractivity contribution in [1.82, 2.24) is 5.32 Å². The van der Waals surface area contributed by atoms with Crippen molar-refractivity contribution in [3.63, 3.8) is 0 Å². The minimum absolute atomic E-state index is 0.00132. The van der Waals surface area contributed by atoms with Crippen LogP contribution in [0.5, 0.6) is 0 Å². The summed E-state index contributed by atoms with van der Waals surface area (Å²) in [5.41, 5.74) is 0.131. The molecule has 1 aromatic carbocycles. The summed E-state index contributed by atoms with van der Waals surface area (Å²) in [6, 6.07) is 5.93. The third kappa shape index (κ3) is 2.17. The second kappa shape index (κ2) is 4.39. The summed E-state index contributed by atoms with van der Waals surface area (Å²) in [4.78, 5) is 0. The summed E-state index contributed by atoms with van der Waals surface area (Å²) < 4.78 is 38.4. The maximum absolute atomic E-state index is 13.5. The molecular formula is C10H13FN2O2S. The molecule has 1 aromatic rings. The summed E-state index contributed by atoms with van der Waals surface area (Å²) in [6.45, 7) is 1.21. The molecule has 4 nitrogen and oxygen atoms in total. The number of rotatable bonds is 1. The molecule has 1 N–H and O–H groups in total. The fraction of sp³-hybridized carbons (Fsp3) is 0.400. The molecule has 1 fully saturated rings. The lowest BCUT2D eigenvalue weighted by molar-refractivity contribution is 0.588. The number of para-hydroxylation sites is 1. The Morgan fingerprint density at radius 2 is 2.00 bits per heavy atom. The lowest BCUT2D eigenvalue weighted by atomic mass is 10.3. The molecule has 6 heteroatoms. The van der Waals surface area contributed by atoms with Crippen molar-refractivity contribution in [2.45, 2.75) is 0 Å². The van der Waals surface area contributed by atoms with E-state index >= 15 is 0 Å². The molecule has 16 heavy (non-hydrogen) atoms. The van der Waals surface area contributed by atoms with E-state index in [0.717, 1.165) is 4.31 Å². The second-order valence-electron chi connectivity index (χ2n) is 3.59. The van der Waals surface area contributed by atoms with Crippen LogP contribution in [-0.2, 0) is 10.0 Å². The van der Waals surface area contributed by atoms with E-state index in [2.05, 4.69) is 5.32 Å². The number of halogens is 1. The van der Waals surface area contributed by atoms with E-state index in [4.69, 9.17) is 0 Å². The van der Waals surface area contributed by atoms with Crippen LogP contribution in [0.3, 0.4) is 0 Å². The number of hydrogen-bond acceptors (Lipinski definition) is 3. The lowest BCUT2D eigenvalue weighted by Gasteiger charge is -2.22. The summed E-state index contributed by atoms with van der Waals surface area (Å²) in [5, 5.41) is 2.98. The topological polar surface area (TPSA) is 49.4 Å². The molecule has 0 radical (unpaired) electrons. The Kier molecular flexibility index (Phi) is 3.11. The monoisotopic (exact) mass is 244 g/mol. The number of hydrogen-bond donors (Lipinski definition) is 1. The molecule has 0 spiro atoms. The zero-order valence-corrected chi connectivity index (χ0v) is 9.50. The van der Waals surface area contributed by atoms with Crippen LogP contribution in [0.4, 0.5) is 10.1 Å². The normalized spacial score (nSPS) is 20.4. The van der Waals surface area contributed by atoms with Gasteiger partial charge in [0.15, 0.2) is 0 Å². The van der Waals surface area contributed by atoms with Gasteiger partial charge in [-0.05, 0) is 12.1 Å². The van der Waals surface area contributed by atoms with Crippen LogP contribution in [-0.4, -0.2) is 33.8 Å². The predicted octanol–water partition coefficient (Wildman–Crippen LogP) is 0.565. The molecule has 2 rings (SSSR count). The molecule has 88 valence electrons. The average Bonchev–Trinajstić information content (AvgIpc) is 2.40. The van der Waals surface area contributed by atoms with Crippen molar-refractivity contribution in [2.75, 3.05) is 29.7 Å². The molecular weight excluding hydrogens is 231 g/mol. The number of nitrogens with one attached hydrogen (secondary N) is 1. The highest BCUT2D eigenvalue weighted by Gasteiger charge is 2.26. The van der Waals surface area contributed by atoms with E-state index in [9.17, 15) is 12.8 Å². The van der Waals surface area contributed by atoms with Crippen molar-refractivity contribution in [2.24, 2.45) is 0 Å². The van der Waals surface area contributed by atoms with E-state index in [-0.39, 0.29) is 18.0 Å². The summed E-state index contributed by atoms with van der Waals surface area (Å²) in [7, 11) is -3.40. The first-order valence-corrected chi connectivity index (χ1v) is 6.68. The second-order valence-corrected chi connectivity index (χ2v) is 5.60. The SMILES string of the molecule is O=S1(=O)CCNCCN1c1ccccc1F. The molecule has 0 saturated carbocycles. The fourth-order valence-electron chi connectivity index (χ4n) is 1.68. The Bertz CT molecular complexity index is 475. The molecule has 1 aliphatic heterocycles. The summed E-state index contributed by atoms with van der Waals surface area (Å²) >= 11 is 0. The van der Waals surface area contributed by atoms with Crippen LogP contribution in [0.15, 0.2) is 24.3 Å². The van der Waals surface area contributed by atoms with Crippen LogP contribution in [0.2, 0.25) is 0 Å². The van der Waals surface area contributed by atoms with Crippen LogP contribution in [0, 0.1) is 5.82 Å². The third-order valence-electron chi connectivity index (χ3n) is 2.49. The van der Waals surface area contributed by atoms with Gasteiger partial charge in [0.05, 0.1) is 11.4 Å². The first-order valence-electron chi connectivity index (χ1n) is 5.07. The van der Waals surface area contributed by atoms with Crippen LogP contribution in [0.1, 0.15) is 0 Å². The van der Waals surface area contributed by atoms with E-state index in [1.165, 1.54) is 12.1 Å². The van der Waals surface area contributed by atoms with Crippen molar-refractivity contribution < 1.29 is 12.8 Å². The molecule has 0 atom stereocenters. The van der Waals surface area contributed by atoms with E-state index < -0.39 is 15.8 Å². The zero-order valence-electron chi connectivity index (χ0n) is 8.69. The predicted molar refractivity (Wildman–Crippen MR) is 60.4 cm³/mol. The van der Waals surface area contributed by atoms with Crippen LogP contribution >= 0.6 is 0 Å². The van der Waals surface area contributed by atoms with E-state index in [0.29, 0.717) is 13.1 Å². The molecule has 0 aromatic heterocycles. The van der Waals surface area contributed by atoms with Gasteiger partial charge in [-0.1, -0.05) is 12.1 Å². The van der Waals surface area contributed by atoms with Gasteiger partial charge in [-0.25, -0.2) is 12.8 Å². The van der Waals surface area contributed by atoms with E-state index in [1.807, 2.05) is 0 Å². The van der Waals surface area contributed by atoms with Gasteiger partial charge in [0.1, 0.15) is 5.82 Å². The summed E-state index contributed by atoms with van der Waals surface area (Å²) in [6.07, 6.45) is 0. The first kappa shape index (κ1) is 11.3. The van der Waals surface area contributed by atoms with Gasteiger partial charge in [-0.2, -0.15) is 0 Å². The van der Waals surface area contributed by atoms with Gasteiger partial charge in [0.25, 0.3) is 0 Å². The molecule has 0 amide bonds. The molecule has 1 heterocycles. The van der Waals surface area contributed by atoms with Crippen molar-refractivity contribution >= 4 is 15.7 Å². The minimum atomic E-state index is -3.40. The Labute approximate surface area is 94.1 Å². The van der Waals surface area contributed by atoms with Gasteiger partial charge >= 0.3 is 0 Å².